The first-order valence-corrected chi connectivity index (χ1v) is 9.96. The van der Waals surface area contributed by atoms with E-state index in [1.54, 1.807) is 35.1 Å². The average molecular weight is 363 g/mol. The van der Waals surface area contributed by atoms with Gasteiger partial charge in [-0.3, -0.25) is 0 Å². The third kappa shape index (κ3) is 3.62. The largest absolute Gasteiger partial charge is 0.373 e. The molecule has 1 aromatic heterocycles. The predicted molar refractivity (Wildman–Crippen MR) is 91.0 cm³/mol. The van der Waals surface area contributed by atoms with Crippen LogP contribution in [0.5, 0.6) is 0 Å². The highest BCUT2D eigenvalue weighted by molar-refractivity contribution is 7.89. The molecule has 0 radical (unpaired) electrons. The summed E-state index contributed by atoms with van der Waals surface area (Å²) in [4.78, 5) is 0.256. The fourth-order valence-electron chi connectivity index (χ4n) is 3.46. The molecule has 3 atom stereocenters. The number of aromatic nitrogens is 2. The van der Waals surface area contributed by atoms with Gasteiger partial charge in [-0.1, -0.05) is 0 Å². The van der Waals surface area contributed by atoms with E-state index in [4.69, 9.17) is 9.47 Å². The number of rotatable bonds is 4. The van der Waals surface area contributed by atoms with Gasteiger partial charge >= 0.3 is 0 Å². The summed E-state index contributed by atoms with van der Waals surface area (Å²) in [5.41, 5.74) is 0.817. The van der Waals surface area contributed by atoms with Crippen LogP contribution in [0.1, 0.15) is 19.3 Å². The highest BCUT2D eigenvalue weighted by Crippen LogP contribution is 2.27. The van der Waals surface area contributed by atoms with E-state index in [-0.39, 0.29) is 23.1 Å². The zero-order chi connectivity index (χ0) is 17.3. The van der Waals surface area contributed by atoms with E-state index in [9.17, 15) is 8.42 Å². The maximum atomic E-state index is 12.7. The summed E-state index contributed by atoms with van der Waals surface area (Å²) in [6.07, 6.45) is 5.80. The van der Waals surface area contributed by atoms with Crippen molar-refractivity contribution in [3.05, 3.63) is 42.7 Å². The third-order valence-electron chi connectivity index (χ3n) is 4.72. The van der Waals surface area contributed by atoms with Crippen molar-refractivity contribution in [1.29, 1.82) is 0 Å². The molecule has 2 heterocycles. The third-order valence-corrected chi connectivity index (χ3v) is 6.25. The molecule has 1 aliphatic heterocycles. The summed E-state index contributed by atoms with van der Waals surface area (Å²) in [5, 5.41) is 4.14. The van der Waals surface area contributed by atoms with Crippen molar-refractivity contribution in [2.24, 2.45) is 0 Å². The van der Waals surface area contributed by atoms with E-state index >= 15 is 0 Å². The maximum Gasteiger partial charge on any atom is 0.240 e. The minimum absolute atomic E-state index is 0.0163. The molecule has 2 aromatic rings. The van der Waals surface area contributed by atoms with Gasteiger partial charge in [0.2, 0.25) is 10.0 Å². The van der Waals surface area contributed by atoms with E-state index in [0.717, 1.165) is 18.5 Å². The summed E-state index contributed by atoms with van der Waals surface area (Å²) in [6, 6.07) is 8.39. The van der Waals surface area contributed by atoms with Crippen LogP contribution in [0.15, 0.2) is 47.6 Å². The lowest BCUT2D eigenvalue weighted by Crippen LogP contribution is -2.49. The highest BCUT2D eigenvalue weighted by atomic mass is 32.2. The first-order chi connectivity index (χ1) is 12.1. The Kier molecular flexibility index (Phi) is 4.60. The Balaban J connectivity index is 1.44. The Morgan fingerprint density at radius 2 is 1.84 bits per heavy atom. The van der Waals surface area contributed by atoms with Crippen molar-refractivity contribution < 1.29 is 17.9 Å². The second kappa shape index (κ2) is 6.87. The number of fused-ring (bicyclic) bond motifs is 1. The van der Waals surface area contributed by atoms with Crippen molar-refractivity contribution in [3.63, 3.8) is 0 Å². The van der Waals surface area contributed by atoms with Crippen molar-refractivity contribution >= 4 is 10.0 Å². The minimum atomic E-state index is -3.56. The number of ether oxygens (including phenoxy) is 2. The van der Waals surface area contributed by atoms with Crippen molar-refractivity contribution in [2.45, 2.75) is 42.4 Å². The van der Waals surface area contributed by atoms with E-state index in [0.29, 0.717) is 19.6 Å². The Bertz CT molecular complexity index is 805. The molecule has 0 bridgehead atoms. The molecule has 1 saturated heterocycles. The van der Waals surface area contributed by atoms with Crippen molar-refractivity contribution in [2.75, 3.05) is 13.2 Å². The van der Waals surface area contributed by atoms with Gasteiger partial charge in [0, 0.05) is 18.4 Å². The molecule has 1 aliphatic carbocycles. The zero-order valence-electron chi connectivity index (χ0n) is 13.7. The van der Waals surface area contributed by atoms with Gasteiger partial charge < -0.3 is 9.47 Å². The lowest BCUT2D eigenvalue weighted by Gasteiger charge is -2.38. The van der Waals surface area contributed by atoms with Gasteiger partial charge in [0.15, 0.2) is 0 Å². The highest BCUT2D eigenvalue weighted by Gasteiger charge is 2.35. The molecule has 3 unspecified atom stereocenters. The van der Waals surface area contributed by atoms with Crippen molar-refractivity contribution in [3.8, 4) is 5.69 Å². The predicted octanol–water partition coefficient (Wildman–Crippen LogP) is 1.49. The Morgan fingerprint density at radius 1 is 1.08 bits per heavy atom. The second-order valence-corrected chi connectivity index (χ2v) is 8.11. The van der Waals surface area contributed by atoms with Gasteiger partial charge in [0.1, 0.15) is 0 Å². The first kappa shape index (κ1) is 16.7. The number of nitrogens with one attached hydrogen (secondary N) is 1. The Labute approximate surface area is 147 Å². The smallest absolute Gasteiger partial charge is 0.240 e. The lowest BCUT2D eigenvalue weighted by molar-refractivity contribution is -0.156. The molecule has 0 spiro atoms. The number of hydrogen-bond donors (Lipinski definition) is 1. The number of benzene rings is 1. The number of hydrogen-bond acceptors (Lipinski definition) is 5. The molecule has 134 valence electrons. The fourth-order valence-corrected chi connectivity index (χ4v) is 4.74. The monoisotopic (exact) mass is 363 g/mol. The quantitative estimate of drug-likeness (QED) is 0.890. The molecule has 1 aromatic carbocycles. The van der Waals surface area contributed by atoms with Crippen LogP contribution in [0.3, 0.4) is 0 Å². The van der Waals surface area contributed by atoms with Crippen LogP contribution < -0.4 is 4.72 Å². The van der Waals surface area contributed by atoms with Crippen LogP contribution in [0.25, 0.3) is 5.69 Å². The summed E-state index contributed by atoms with van der Waals surface area (Å²) in [7, 11) is -3.56. The van der Waals surface area contributed by atoms with E-state index in [2.05, 4.69) is 9.82 Å². The topological polar surface area (TPSA) is 82.5 Å². The molecule has 8 heteroatoms. The molecule has 2 aliphatic rings. The van der Waals surface area contributed by atoms with Crippen LogP contribution in [0, 0.1) is 0 Å². The second-order valence-electron chi connectivity index (χ2n) is 6.39. The molecular formula is C17H21N3O4S. The standard InChI is InChI=1S/C17H21N3O4S/c21-25(22,15-5-3-14(4-6-15)20-9-1-8-18-20)19-13-2-7-16-17(12-13)24-11-10-23-16/h1,3-6,8-9,13,16-17,19H,2,7,10-12H2. The summed E-state index contributed by atoms with van der Waals surface area (Å²) in [6.45, 7) is 1.20. The normalized spacial score (nSPS) is 27.0. The molecule has 0 amide bonds. The lowest BCUT2D eigenvalue weighted by atomic mass is 9.90. The van der Waals surface area contributed by atoms with E-state index < -0.39 is 10.0 Å². The van der Waals surface area contributed by atoms with Gasteiger partial charge in [-0.25, -0.2) is 17.8 Å². The van der Waals surface area contributed by atoms with E-state index in [1.807, 2.05) is 12.3 Å². The fraction of sp³-hybridized carbons (Fsp3) is 0.471. The molecule has 25 heavy (non-hydrogen) atoms. The van der Waals surface area contributed by atoms with Crippen LogP contribution in [0.4, 0.5) is 0 Å². The van der Waals surface area contributed by atoms with E-state index in [1.165, 1.54) is 0 Å². The molecule has 4 rings (SSSR count). The Hall–Kier alpha value is -1.74. The summed E-state index contributed by atoms with van der Waals surface area (Å²) >= 11 is 0. The summed E-state index contributed by atoms with van der Waals surface area (Å²) in [5.74, 6) is 0. The SMILES string of the molecule is O=S(=O)(NC1CCC2OCCOC2C1)c1ccc(-n2cccn2)cc1. The molecule has 1 saturated carbocycles. The molecular weight excluding hydrogens is 342 g/mol. The molecule has 1 N–H and O–H groups in total. The van der Waals surface area contributed by atoms with Crippen LogP contribution in [-0.4, -0.2) is 49.7 Å². The summed E-state index contributed by atoms with van der Waals surface area (Å²) < 4.78 is 41.2. The average Bonchev–Trinajstić information content (AvgIpc) is 3.16. The van der Waals surface area contributed by atoms with Gasteiger partial charge in [-0.2, -0.15) is 5.10 Å². The first-order valence-electron chi connectivity index (χ1n) is 8.47. The van der Waals surface area contributed by atoms with Crippen molar-refractivity contribution in [1.82, 2.24) is 14.5 Å². The van der Waals surface area contributed by atoms with Crippen LogP contribution in [0.2, 0.25) is 0 Å². The van der Waals surface area contributed by atoms with Gasteiger partial charge in [-0.15, -0.1) is 0 Å². The van der Waals surface area contributed by atoms with Crippen LogP contribution >= 0.6 is 0 Å². The minimum Gasteiger partial charge on any atom is -0.373 e. The molecule has 7 nitrogen and oxygen atoms in total. The van der Waals surface area contributed by atoms with Crippen LogP contribution in [-0.2, 0) is 19.5 Å². The molecule has 2 fully saturated rings. The number of nitrogens with zero attached hydrogens (tertiary/aromatic N) is 2. The zero-order valence-corrected chi connectivity index (χ0v) is 14.6. The maximum absolute atomic E-state index is 12.7. The van der Waals surface area contributed by atoms with Gasteiger partial charge in [-0.05, 0) is 49.6 Å². The number of sulfonamides is 1. The van der Waals surface area contributed by atoms with Gasteiger partial charge in [0.25, 0.3) is 0 Å². The van der Waals surface area contributed by atoms with Gasteiger partial charge in [0.05, 0.1) is 36.0 Å². The Morgan fingerprint density at radius 3 is 2.56 bits per heavy atom.